The smallest absolute Gasteiger partial charge is 0.311 e. The van der Waals surface area contributed by atoms with E-state index in [2.05, 4.69) is 0 Å². The minimum Gasteiger partial charge on any atom is -0.450 e. The maximum absolute atomic E-state index is 11.0. The Morgan fingerprint density at radius 3 is 2.40 bits per heavy atom. The normalized spacial score (nSPS) is 11.9. The first kappa shape index (κ1) is 14.0. The van der Waals surface area contributed by atoms with Crippen molar-refractivity contribution in [2.24, 2.45) is 0 Å². The second-order valence-corrected chi connectivity index (χ2v) is 4.58. The number of ether oxygens (including phenoxy) is 1. The minimum absolute atomic E-state index is 0.0652. The van der Waals surface area contributed by atoms with Crippen LogP contribution in [0.5, 0.6) is 11.5 Å². The summed E-state index contributed by atoms with van der Waals surface area (Å²) in [6.07, 6.45) is -0.558. The number of nitro benzene ring substituents is 1. The molecule has 2 rings (SSSR count). The standard InChI is InChI=1S/C15H15NO4/c1-10-3-8-15(14(9-10)16(18)19)20-13-6-4-12(5-7-13)11(2)17/h3-9,11,17H,1-2H3. The highest BCUT2D eigenvalue weighted by atomic mass is 16.6. The lowest BCUT2D eigenvalue weighted by Crippen LogP contribution is -1.95. The number of nitrogens with zero attached hydrogens (tertiary/aromatic N) is 1. The molecule has 0 bridgehead atoms. The second-order valence-electron chi connectivity index (χ2n) is 4.58. The van der Waals surface area contributed by atoms with Crippen LogP contribution in [0, 0.1) is 17.0 Å². The van der Waals surface area contributed by atoms with Crippen LogP contribution in [-0.4, -0.2) is 10.0 Å². The van der Waals surface area contributed by atoms with Crippen molar-refractivity contribution in [3.05, 3.63) is 63.7 Å². The van der Waals surface area contributed by atoms with Gasteiger partial charge in [0.1, 0.15) is 5.75 Å². The molecule has 20 heavy (non-hydrogen) atoms. The first-order chi connectivity index (χ1) is 9.47. The molecule has 5 heteroatoms. The molecule has 1 atom stereocenters. The molecule has 5 nitrogen and oxygen atoms in total. The van der Waals surface area contributed by atoms with E-state index in [-0.39, 0.29) is 11.4 Å². The van der Waals surface area contributed by atoms with E-state index in [0.29, 0.717) is 5.75 Å². The minimum atomic E-state index is -0.558. The number of nitro groups is 1. The summed E-state index contributed by atoms with van der Waals surface area (Å²) in [5.41, 5.74) is 1.49. The van der Waals surface area contributed by atoms with Crippen molar-refractivity contribution in [3.63, 3.8) is 0 Å². The van der Waals surface area contributed by atoms with E-state index in [0.717, 1.165) is 11.1 Å². The summed E-state index contributed by atoms with van der Waals surface area (Å²) in [4.78, 5) is 10.5. The lowest BCUT2D eigenvalue weighted by Gasteiger charge is -2.09. The van der Waals surface area contributed by atoms with Gasteiger partial charge in [-0.1, -0.05) is 18.2 Å². The predicted molar refractivity (Wildman–Crippen MR) is 75.0 cm³/mol. The zero-order chi connectivity index (χ0) is 14.7. The van der Waals surface area contributed by atoms with Crippen LogP contribution in [0.1, 0.15) is 24.2 Å². The average Bonchev–Trinajstić information content (AvgIpc) is 2.41. The van der Waals surface area contributed by atoms with E-state index in [4.69, 9.17) is 4.74 Å². The van der Waals surface area contributed by atoms with Crippen LogP contribution in [0.2, 0.25) is 0 Å². The van der Waals surface area contributed by atoms with Crippen LogP contribution in [-0.2, 0) is 0 Å². The van der Waals surface area contributed by atoms with Crippen LogP contribution in [0.15, 0.2) is 42.5 Å². The van der Waals surface area contributed by atoms with Crippen molar-refractivity contribution >= 4 is 5.69 Å². The first-order valence-corrected chi connectivity index (χ1v) is 6.18. The van der Waals surface area contributed by atoms with Gasteiger partial charge < -0.3 is 9.84 Å². The molecule has 1 unspecified atom stereocenters. The van der Waals surface area contributed by atoms with Gasteiger partial charge in [-0.2, -0.15) is 0 Å². The Bertz CT molecular complexity index is 620. The molecule has 0 saturated carbocycles. The second kappa shape index (κ2) is 5.71. The molecule has 2 aromatic carbocycles. The zero-order valence-electron chi connectivity index (χ0n) is 11.2. The molecule has 0 aliphatic rings. The van der Waals surface area contributed by atoms with E-state index >= 15 is 0 Å². The summed E-state index contributed by atoms with van der Waals surface area (Å²) < 4.78 is 5.54. The third-order valence-corrected chi connectivity index (χ3v) is 2.90. The molecule has 0 radical (unpaired) electrons. The van der Waals surface area contributed by atoms with Gasteiger partial charge in [0.05, 0.1) is 11.0 Å². The molecule has 0 spiro atoms. The fraction of sp³-hybridized carbons (Fsp3) is 0.200. The van der Waals surface area contributed by atoms with E-state index in [1.54, 1.807) is 50.2 Å². The van der Waals surface area contributed by atoms with Gasteiger partial charge in [0.15, 0.2) is 0 Å². The quantitative estimate of drug-likeness (QED) is 0.680. The molecule has 0 heterocycles. The first-order valence-electron chi connectivity index (χ1n) is 6.18. The average molecular weight is 273 g/mol. The molecule has 0 aromatic heterocycles. The Morgan fingerprint density at radius 2 is 1.85 bits per heavy atom. The Hall–Kier alpha value is -2.40. The highest BCUT2D eigenvalue weighted by Crippen LogP contribution is 2.32. The Morgan fingerprint density at radius 1 is 1.20 bits per heavy atom. The van der Waals surface area contributed by atoms with Gasteiger partial charge >= 0.3 is 5.69 Å². The van der Waals surface area contributed by atoms with Gasteiger partial charge in [-0.3, -0.25) is 10.1 Å². The summed E-state index contributed by atoms with van der Waals surface area (Å²) in [5, 5.41) is 20.4. The third-order valence-electron chi connectivity index (χ3n) is 2.90. The molecule has 0 fully saturated rings. The third kappa shape index (κ3) is 3.13. The fourth-order valence-corrected chi connectivity index (χ4v) is 1.80. The summed E-state index contributed by atoms with van der Waals surface area (Å²) in [6.45, 7) is 3.45. The van der Waals surface area contributed by atoms with Gasteiger partial charge in [0.25, 0.3) is 0 Å². The molecule has 0 aliphatic heterocycles. The van der Waals surface area contributed by atoms with Gasteiger partial charge in [0, 0.05) is 6.07 Å². The molecule has 0 aliphatic carbocycles. The predicted octanol–water partition coefficient (Wildman–Crippen LogP) is 3.75. The van der Waals surface area contributed by atoms with Crippen molar-refractivity contribution in [2.75, 3.05) is 0 Å². The highest BCUT2D eigenvalue weighted by Gasteiger charge is 2.15. The summed E-state index contributed by atoms with van der Waals surface area (Å²) in [7, 11) is 0. The Labute approximate surface area is 116 Å². The largest absolute Gasteiger partial charge is 0.450 e. The van der Waals surface area contributed by atoms with E-state index in [1.807, 2.05) is 0 Å². The summed E-state index contributed by atoms with van der Waals surface area (Å²) in [6, 6.07) is 11.6. The van der Waals surface area contributed by atoms with Gasteiger partial charge in [-0.15, -0.1) is 0 Å². The van der Waals surface area contributed by atoms with Crippen molar-refractivity contribution in [2.45, 2.75) is 20.0 Å². The van der Waals surface area contributed by atoms with E-state index in [1.165, 1.54) is 6.07 Å². The number of rotatable bonds is 4. The van der Waals surface area contributed by atoms with Crippen molar-refractivity contribution < 1.29 is 14.8 Å². The van der Waals surface area contributed by atoms with Crippen molar-refractivity contribution in [1.82, 2.24) is 0 Å². The maximum Gasteiger partial charge on any atom is 0.311 e. The van der Waals surface area contributed by atoms with E-state index in [9.17, 15) is 15.2 Å². The lowest BCUT2D eigenvalue weighted by molar-refractivity contribution is -0.385. The SMILES string of the molecule is Cc1ccc(Oc2ccc(C(C)O)cc2)c([N+](=O)[O-])c1. The zero-order valence-corrected chi connectivity index (χ0v) is 11.2. The lowest BCUT2D eigenvalue weighted by atomic mass is 10.1. The van der Waals surface area contributed by atoms with Crippen LogP contribution in [0.4, 0.5) is 5.69 Å². The fourth-order valence-electron chi connectivity index (χ4n) is 1.80. The molecule has 104 valence electrons. The van der Waals surface area contributed by atoms with Crippen LogP contribution < -0.4 is 4.74 Å². The molecule has 0 saturated heterocycles. The number of benzene rings is 2. The number of aliphatic hydroxyl groups is 1. The topological polar surface area (TPSA) is 72.6 Å². The summed E-state index contributed by atoms with van der Waals surface area (Å²) in [5.74, 6) is 0.687. The molecular weight excluding hydrogens is 258 g/mol. The van der Waals surface area contributed by atoms with Crippen LogP contribution in [0.3, 0.4) is 0 Å². The molecule has 1 N–H and O–H groups in total. The van der Waals surface area contributed by atoms with E-state index < -0.39 is 11.0 Å². The van der Waals surface area contributed by atoms with Crippen molar-refractivity contribution in [1.29, 1.82) is 0 Å². The molecule has 0 amide bonds. The molecular formula is C15H15NO4. The van der Waals surface area contributed by atoms with Gasteiger partial charge in [-0.05, 0) is 43.2 Å². The monoisotopic (exact) mass is 273 g/mol. The van der Waals surface area contributed by atoms with Crippen LogP contribution >= 0.6 is 0 Å². The highest BCUT2D eigenvalue weighted by molar-refractivity contribution is 5.50. The number of aliphatic hydroxyl groups excluding tert-OH is 1. The van der Waals surface area contributed by atoms with Gasteiger partial charge in [-0.25, -0.2) is 0 Å². The number of hydrogen-bond acceptors (Lipinski definition) is 4. The Balaban J connectivity index is 2.28. The van der Waals surface area contributed by atoms with Crippen LogP contribution in [0.25, 0.3) is 0 Å². The summed E-state index contributed by atoms with van der Waals surface area (Å²) >= 11 is 0. The number of aryl methyl sites for hydroxylation is 1. The van der Waals surface area contributed by atoms with Gasteiger partial charge in [0.2, 0.25) is 5.75 Å². The van der Waals surface area contributed by atoms with Crippen molar-refractivity contribution in [3.8, 4) is 11.5 Å². The molecule has 2 aromatic rings. The maximum atomic E-state index is 11.0. The number of hydrogen-bond donors (Lipinski definition) is 1. The Kier molecular flexibility index (Phi) is 4.00.